The highest BCUT2D eigenvalue weighted by atomic mass is 19.4. The van der Waals surface area contributed by atoms with Crippen LogP contribution in [0.1, 0.15) is 13.8 Å². The lowest BCUT2D eigenvalue weighted by molar-refractivity contribution is -0.146. The van der Waals surface area contributed by atoms with Gasteiger partial charge < -0.3 is 14.8 Å². The minimum absolute atomic E-state index is 0.0428. The molecule has 0 aliphatic rings. The van der Waals surface area contributed by atoms with Gasteiger partial charge in [-0.2, -0.15) is 13.2 Å². The van der Waals surface area contributed by atoms with Crippen molar-refractivity contribution in [3.05, 3.63) is 0 Å². The normalized spacial score (nSPS) is 12.4. The molecule has 0 rings (SSSR count). The van der Waals surface area contributed by atoms with E-state index in [1.165, 1.54) is 0 Å². The third-order valence-corrected chi connectivity index (χ3v) is 1.34. The van der Waals surface area contributed by atoms with Crippen LogP contribution in [-0.4, -0.2) is 38.8 Å². The average Bonchev–Trinajstić information content (AvgIpc) is 2.02. The van der Waals surface area contributed by atoms with Crippen LogP contribution in [0.25, 0.3) is 0 Å². The number of hydrogen-bond acceptors (Lipinski definition) is 3. The number of nitrogens with one attached hydrogen (secondary N) is 1. The van der Waals surface area contributed by atoms with E-state index < -0.39 is 19.0 Å². The Balaban J connectivity index is 3.60. The highest BCUT2D eigenvalue weighted by Crippen LogP contribution is 2.12. The summed E-state index contributed by atoms with van der Waals surface area (Å²) in [5.41, 5.74) is 0. The van der Waals surface area contributed by atoms with Crippen LogP contribution >= 0.6 is 0 Å². The number of hydrogen-bond donors (Lipinski definition) is 1. The van der Waals surface area contributed by atoms with E-state index in [-0.39, 0.29) is 6.54 Å². The highest BCUT2D eigenvalue weighted by Gasteiger charge is 2.26. The molecule has 0 saturated carbocycles. The van der Waals surface area contributed by atoms with Crippen LogP contribution in [0.3, 0.4) is 0 Å². The van der Waals surface area contributed by atoms with E-state index in [9.17, 15) is 13.2 Å². The lowest BCUT2D eigenvalue weighted by atomic mass is 10.5. The second-order valence-electron chi connectivity index (χ2n) is 2.59. The summed E-state index contributed by atoms with van der Waals surface area (Å²) in [7, 11) is 0. The van der Waals surface area contributed by atoms with Gasteiger partial charge >= 0.3 is 6.18 Å². The van der Waals surface area contributed by atoms with Gasteiger partial charge in [0.1, 0.15) is 0 Å². The summed E-state index contributed by atoms with van der Waals surface area (Å²) in [5.74, 6) is 0. The lowest BCUT2D eigenvalue weighted by Crippen LogP contribution is -2.37. The molecule has 3 nitrogen and oxygen atoms in total. The van der Waals surface area contributed by atoms with Gasteiger partial charge in [-0.3, -0.25) is 0 Å². The van der Waals surface area contributed by atoms with Gasteiger partial charge in [0, 0.05) is 19.8 Å². The second kappa shape index (κ2) is 7.03. The van der Waals surface area contributed by atoms with E-state index in [2.05, 4.69) is 5.32 Å². The fraction of sp³-hybridized carbons (Fsp3) is 1.00. The molecule has 0 atom stereocenters. The van der Waals surface area contributed by atoms with Crippen molar-refractivity contribution < 1.29 is 22.6 Å². The molecular weight excluding hydrogens is 199 g/mol. The molecule has 86 valence electrons. The first-order valence-corrected chi connectivity index (χ1v) is 4.50. The Morgan fingerprint density at radius 2 is 1.64 bits per heavy atom. The predicted molar refractivity (Wildman–Crippen MR) is 46.0 cm³/mol. The van der Waals surface area contributed by atoms with E-state index in [0.29, 0.717) is 13.2 Å². The van der Waals surface area contributed by atoms with Crippen molar-refractivity contribution in [1.29, 1.82) is 0 Å². The van der Waals surface area contributed by atoms with Gasteiger partial charge in [0.05, 0.1) is 6.54 Å². The minimum atomic E-state index is -4.19. The standard InChI is InChI=1S/C8H16F3NO2/c1-3-13-7(14-4-2)5-12-6-8(9,10)11/h7,12H,3-6H2,1-2H3. The van der Waals surface area contributed by atoms with Crippen LogP contribution < -0.4 is 5.32 Å². The Hall–Kier alpha value is -0.330. The number of ether oxygens (including phenoxy) is 2. The Morgan fingerprint density at radius 3 is 2.00 bits per heavy atom. The second-order valence-corrected chi connectivity index (χ2v) is 2.59. The fourth-order valence-corrected chi connectivity index (χ4v) is 0.870. The molecule has 0 amide bonds. The molecule has 0 spiro atoms. The number of halogens is 3. The van der Waals surface area contributed by atoms with Gasteiger partial charge in [0.15, 0.2) is 6.29 Å². The van der Waals surface area contributed by atoms with Crippen LogP contribution in [0.4, 0.5) is 13.2 Å². The summed E-state index contributed by atoms with van der Waals surface area (Å²) >= 11 is 0. The van der Waals surface area contributed by atoms with Crippen molar-refractivity contribution >= 4 is 0 Å². The molecule has 0 radical (unpaired) electrons. The third kappa shape index (κ3) is 8.28. The molecule has 0 aliphatic carbocycles. The van der Waals surface area contributed by atoms with Crippen molar-refractivity contribution in [3.63, 3.8) is 0 Å². The van der Waals surface area contributed by atoms with Crippen molar-refractivity contribution in [2.75, 3.05) is 26.3 Å². The van der Waals surface area contributed by atoms with Gasteiger partial charge in [0.25, 0.3) is 0 Å². The molecule has 6 heteroatoms. The first-order chi connectivity index (χ1) is 6.49. The van der Waals surface area contributed by atoms with Crippen LogP contribution in [0.5, 0.6) is 0 Å². The van der Waals surface area contributed by atoms with Gasteiger partial charge in [0.2, 0.25) is 0 Å². The van der Waals surface area contributed by atoms with Crippen molar-refractivity contribution in [3.8, 4) is 0 Å². The summed E-state index contributed by atoms with van der Waals surface area (Å²) in [6.07, 6.45) is -4.80. The maximum Gasteiger partial charge on any atom is 0.401 e. The van der Waals surface area contributed by atoms with Gasteiger partial charge in [-0.15, -0.1) is 0 Å². The summed E-state index contributed by atoms with van der Waals surface area (Å²) < 4.78 is 45.3. The van der Waals surface area contributed by atoms with E-state index >= 15 is 0 Å². The topological polar surface area (TPSA) is 30.5 Å². The maximum atomic E-state index is 11.7. The summed E-state index contributed by atoms with van der Waals surface area (Å²) in [5, 5.41) is 2.22. The van der Waals surface area contributed by atoms with Gasteiger partial charge in [-0.25, -0.2) is 0 Å². The van der Waals surface area contributed by atoms with E-state index in [1.54, 1.807) is 13.8 Å². The molecule has 0 heterocycles. The average molecular weight is 215 g/mol. The van der Waals surface area contributed by atoms with Crippen molar-refractivity contribution in [2.45, 2.75) is 26.3 Å². The molecular formula is C8H16F3NO2. The first-order valence-electron chi connectivity index (χ1n) is 4.50. The molecule has 0 aromatic rings. The lowest BCUT2D eigenvalue weighted by Gasteiger charge is -2.17. The molecule has 0 fully saturated rings. The third-order valence-electron chi connectivity index (χ3n) is 1.34. The van der Waals surface area contributed by atoms with Gasteiger partial charge in [-0.1, -0.05) is 0 Å². The molecule has 0 unspecified atom stereocenters. The Labute approximate surface area is 81.6 Å². The Kier molecular flexibility index (Phi) is 6.86. The van der Waals surface area contributed by atoms with Gasteiger partial charge in [-0.05, 0) is 13.8 Å². The zero-order chi connectivity index (χ0) is 11.0. The SMILES string of the molecule is CCOC(CNCC(F)(F)F)OCC. The monoisotopic (exact) mass is 215 g/mol. The molecule has 0 aromatic carbocycles. The zero-order valence-electron chi connectivity index (χ0n) is 8.36. The molecule has 14 heavy (non-hydrogen) atoms. The van der Waals surface area contributed by atoms with Crippen LogP contribution in [0.2, 0.25) is 0 Å². The summed E-state index contributed by atoms with van der Waals surface area (Å²) in [6, 6.07) is 0. The van der Waals surface area contributed by atoms with Crippen molar-refractivity contribution in [2.24, 2.45) is 0 Å². The zero-order valence-corrected chi connectivity index (χ0v) is 8.36. The van der Waals surface area contributed by atoms with E-state index in [0.717, 1.165) is 0 Å². The van der Waals surface area contributed by atoms with E-state index in [4.69, 9.17) is 9.47 Å². The summed E-state index contributed by atoms with van der Waals surface area (Å²) in [4.78, 5) is 0. The van der Waals surface area contributed by atoms with Crippen LogP contribution in [0.15, 0.2) is 0 Å². The molecule has 0 bridgehead atoms. The smallest absolute Gasteiger partial charge is 0.352 e. The Bertz CT molecular complexity index is 135. The summed E-state index contributed by atoms with van der Waals surface area (Å²) in [6.45, 7) is 3.37. The Morgan fingerprint density at radius 1 is 1.14 bits per heavy atom. The molecule has 0 aromatic heterocycles. The molecule has 1 N–H and O–H groups in total. The first kappa shape index (κ1) is 13.7. The maximum absolute atomic E-state index is 11.7. The molecule has 0 aliphatic heterocycles. The number of rotatable bonds is 7. The fourth-order valence-electron chi connectivity index (χ4n) is 0.870. The minimum Gasteiger partial charge on any atom is -0.352 e. The predicted octanol–water partition coefficient (Wildman–Crippen LogP) is 1.54. The van der Waals surface area contributed by atoms with Crippen LogP contribution in [0, 0.1) is 0 Å². The quantitative estimate of drug-likeness (QED) is 0.653. The van der Waals surface area contributed by atoms with Crippen molar-refractivity contribution in [1.82, 2.24) is 5.32 Å². The molecule has 0 saturated heterocycles. The highest BCUT2D eigenvalue weighted by molar-refractivity contribution is 4.57. The largest absolute Gasteiger partial charge is 0.401 e. The number of alkyl halides is 3. The van der Waals surface area contributed by atoms with Crippen LogP contribution in [-0.2, 0) is 9.47 Å². The van der Waals surface area contributed by atoms with E-state index in [1.807, 2.05) is 0 Å².